The van der Waals surface area contributed by atoms with Gasteiger partial charge in [-0.15, -0.1) is 0 Å². The molecule has 37 heavy (non-hydrogen) atoms. The van der Waals surface area contributed by atoms with Crippen molar-refractivity contribution >= 4 is 11.9 Å². The first-order valence-electron chi connectivity index (χ1n) is 12.7. The fraction of sp³-hybridized carbons (Fsp3) is 0.345. The number of benzene rings is 2. The van der Waals surface area contributed by atoms with Gasteiger partial charge in [0.25, 0.3) is 5.56 Å². The van der Waals surface area contributed by atoms with Crippen molar-refractivity contribution in [1.29, 1.82) is 0 Å². The van der Waals surface area contributed by atoms with Crippen LogP contribution >= 0.6 is 0 Å². The molecule has 1 fully saturated rings. The van der Waals surface area contributed by atoms with Gasteiger partial charge in [-0.2, -0.15) is 0 Å². The molecule has 2 aliphatic rings. The summed E-state index contributed by atoms with van der Waals surface area (Å²) in [6, 6.07) is 21.6. The minimum atomic E-state index is -0.718. The van der Waals surface area contributed by atoms with Crippen LogP contribution < -0.4 is 20.9 Å². The number of methoxy groups -OCH3 is 1. The molecule has 3 heterocycles. The van der Waals surface area contributed by atoms with E-state index in [1.54, 1.807) is 24.1 Å². The number of likely N-dealkylation sites (tertiary alicyclic amines) is 1. The number of piperidine rings is 1. The number of nitrogens with one attached hydrogen (secondary N) is 2. The van der Waals surface area contributed by atoms with Crippen molar-refractivity contribution in [2.75, 3.05) is 20.2 Å². The quantitative estimate of drug-likeness (QED) is 0.522. The van der Waals surface area contributed by atoms with E-state index in [1.807, 2.05) is 65.2 Å². The van der Waals surface area contributed by atoms with Crippen LogP contribution in [0, 0.1) is 5.92 Å². The molecule has 3 amide bonds. The summed E-state index contributed by atoms with van der Waals surface area (Å²) >= 11 is 0. The molecule has 2 aliphatic heterocycles. The van der Waals surface area contributed by atoms with Gasteiger partial charge in [-0.05, 0) is 41.7 Å². The van der Waals surface area contributed by atoms with Crippen molar-refractivity contribution in [3.8, 4) is 5.75 Å². The van der Waals surface area contributed by atoms with Gasteiger partial charge in [0.1, 0.15) is 11.8 Å². The average Bonchev–Trinajstić information content (AvgIpc) is 2.92. The van der Waals surface area contributed by atoms with E-state index in [-0.39, 0.29) is 29.3 Å². The van der Waals surface area contributed by atoms with E-state index >= 15 is 0 Å². The standard InChI is InChI=1S/C29H32N4O4/c1-37-24-12-10-21(11-13-24)16-30-28(35)25(15-20-6-3-2-4-7-20)31-29(36)32-17-22-14-23(19-32)26-8-5-9-27(34)33(26)18-22/h2-13,22-23,25H,14-19H2,1H3,(H,30,35)(H,31,36)/t22-,23-,25-/m0/s1. The summed E-state index contributed by atoms with van der Waals surface area (Å²) in [5.74, 6) is 0.849. The lowest BCUT2D eigenvalue weighted by atomic mass is 9.83. The third kappa shape index (κ3) is 5.69. The van der Waals surface area contributed by atoms with Crippen LogP contribution in [-0.2, 0) is 24.3 Å². The third-order valence-corrected chi connectivity index (χ3v) is 7.29. The Kier molecular flexibility index (Phi) is 7.25. The molecule has 0 radical (unpaired) electrons. The molecule has 5 rings (SSSR count). The van der Waals surface area contributed by atoms with Gasteiger partial charge in [-0.1, -0.05) is 48.5 Å². The Bertz CT molecular complexity index is 1310. The molecule has 8 nitrogen and oxygen atoms in total. The van der Waals surface area contributed by atoms with E-state index in [1.165, 1.54) is 0 Å². The summed E-state index contributed by atoms with van der Waals surface area (Å²) < 4.78 is 7.04. The molecule has 1 aromatic heterocycles. The van der Waals surface area contributed by atoms with Crippen LogP contribution in [-0.4, -0.2) is 47.6 Å². The molecule has 8 heteroatoms. The zero-order chi connectivity index (χ0) is 25.8. The Morgan fingerprint density at radius 2 is 1.73 bits per heavy atom. The zero-order valence-electron chi connectivity index (χ0n) is 20.9. The third-order valence-electron chi connectivity index (χ3n) is 7.29. The molecule has 0 unspecified atom stereocenters. The van der Waals surface area contributed by atoms with Gasteiger partial charge in [0.15, 0.2) is 0 Å². The first-order valence-corrected chi connectivity index (χ1v) is 12.7. The topological polar surface area (TPSA) is 92.7 Å². The second-order valence-corrected chi connectivity index (χ2v) is 9.86. The normalized spacial score (nSPS) is 18.9. The number of amides is 3. The first-order chi connectivity index (χ1) is 18.0. The number of carbonyl (C=O) groups is 2. The minimum Gasteiger partial charge on any atom is -0.497 e. The van der Waals surface area contributed by atoms with Crippen molar-refractivity contribution in [2.24, 2.45) is 5.92 Å². The summed E-state index contributed by atoms with van der Waals surface area (Å²) in [5.41, 5.74) is 2.91. The molecule has 3 aromatic rings. The number of urea groups is 1. The lowest BCUT2D eigenvalue weighted by molar-refractivity contribution is -0.123. The number of aromatic nitrogens is 1. The number of fused-ring (bicyclic) bond motifs is 4. The number of hydrogen-bond donors (Lipinski definition) is 2. The average molecular weight is 501 g/mol. The largest absolute Gasteiger partial charge is 0.497 e. The molecule has 2 aromatic carbocycles. The predicted octanol–water partition coefficient (Wildman–Crippen LogP) is 2.91. The van der Waals surface area contributed by atoms with Gasteiger partial charge in [0, 0.05) is 50.3 Å². The summed E-state index contributed by atoms with van der Waals surface area (Å²) in [6.45, 7) is 2.06. The van der Waals surface area contributed by atoms with Crippen LogP contribution in [0.4, 0.5) is 4.79 Å². The second kappa shape index (κ2) is 10.9. The zero-order valence-corrected chi connectivity index (χ0v) is 20.9. The van der Waals surface area contributed by atoms with Crippen LogP contribution in [0.5, 0.6) is 5.75 Å². The van der Waals surface area contributed by atoms with E-state index in [2.05, 4.69) is 10.6 Å². The molecular weight excluding hydrogens is 468 g/mol. The van der Waals surface area contributed by atoms with E-state index in [0.717, 1.165) is 29.0 Å². The molecule has 192 valence electrons. The van der Waals surface area contributed by atoms with Crippen molar-refractivity contribution in [2.45, 2.75) is 37.9 Å². The first kappa shape index (κ1) is 24.6. The minimum absolute atomic E-state index is 0.0153. The Morgan fingerprint density at radius 3 is 2.49 bits per heavy atom. The van der Waals surface area contributed by atoms with E-state index in [0.29, 0.717) is 32.6 Å². The van der Waals surface area contributed by atoms with Gasteiger partial charge in [-0.25, -0.2) is 4.79 Å². The van der Waals surface area contributed by atoms with Crippen LogP contribution in [0.1, 0.15) is 29.2 Å². The Hall–Kier alpha value is -4.07. The highest BCUT2D eigenvalue weighted by Crippen LogP contribution is 2.34. The van der Waals surface area contributed by atoms with Crippen molar-refractivity contribution in [3.05, 3.63) is 100.0 Å². The molecular formula is C29H32N4O4. The maximum Gasteiger partial charge on any atom is 0.318 e. The maximum atomic E-state index is 13.4. The van der Waals surface area contributed by atoms with Gasteiger partial charge in [0.05, 0.1) is 7.11 Å². The number of ether oxygens (including phenoxy) is 1. The van der Waals surface area contributed by atoms with E-state index in [9.17, 15) is 14.4 Å². The van der Waals surface area contributed by atoms with E-state index < -0.39 is 6.04 Å². The number of carbonyl (C=O) groups excluding carboxylic acids is 2. The van der Waals surface area contributed by atoms with E-state index in [4.69, 9.17) is 4.74 Å². The van der Waals surface area contributed by atoms with Crippen LogP contribution in [0.25, 0.3) is 0 Å². The predicted molar refractivity (Wildman–Crippen MR) is 140 cm³/mol. The maximum absolute atomic E-state index is 13.4. The highest BCUT2D eigenvalue weighted by molar-refractivity contribution is 5.87. The van der Waals surface area contributed by atoms with Crippen LogP contribution in [0.2, 0.25) is 0 Å². The Morgan fingerprint density at radius 1 is 0.946 bits per heavy atom. The molecule has 1 saturated heterocycles. The Labute approximate surface area is 216 Å². The van der Waals surface area contributed by atoms with Gasteiger partial charge in [-0.3, -0.25) is 9.59 Å². The summed E-state index contributed by atoms with van der Waals surface area (Å²) in [4.78, 5) is 40.8. The Balaban J connectivity index is 1.27. The SMILES string of the molecule is COc1ccc(CNC(=O)[C@H](Cc2ccccc2)NC(=O)N2C[C@@H]3C[C@@H](C2)c2cccc(=O)n2C3)cc1. The summed E-state index contributed by atoms with van der Waals surface area (Å²) in [5, 5.41) is 5.97. The fourth-order valence-electron chi connectivity index (χ4n) is 5.42. The van der Waals surface area contributed by atoms with Gasteiger partial charge < -0.3 is 24.8 Å². The lowest BCUT2D eigenvalue weighted by Crippen LogP contribution is -2.56. The van der Waals surface area contributed by atoms with Crippen molar-refractivity contribution in [3.63, 3.8) is 0 Å². The molecule has 3 atom stereocenters. The molecule has 2 bridgehead atoms. The monoisotopic (exact) mass is 500 g/mol. The fourth-order valence-corrected chi connectivity index (χ4v) is 5.42. The number of pyridine rings is 1. The lowest BCUT2D eigenvalue weighted by Gasteiger charge is -2.43. The smallest absolute Gasteiger partial charge is 0.318 e. The number of hydrogen-bond acceptors (Lipinski definition) is 4. The molecule has 0 saturated carbocycles. The van der Waals surface area contributed by atoms with Crippen LogP contribution in [0.15, 0.2) is 77.6 Å². The van der Waals surface area contributed by atoms with Gasteiger partial charge >= 0.3 is 6.03 Å². The summed E-state index contributed by atoms with van der Waals surface area (Å²) in [7, 11) is 1.61. The molecule has 0 spiro atoms. The highest BCUT2D eigenvalue weighted by Gasteiger charge is 2.37. The summed E-state index contributed by atoms with van der Waals surface area (Å²) in [6.07, 6.45) is 1.35. The molecule has 0 aliphatic carbocycles. The second-order valence-electron chi connectivity index (χ2n) is 9.86. The van der Waals surface area contributed by atoms with Gasteiger partial charge in [0.2, 0.25) is 5.91 Å². The number of rotatable bonds is 7. The van der Waals surface area contributed by atoms with Crippen molar-refractivity contribution < 1.29 is 14.3 Å². The molecule has 2 N–H and O–H groups in total. The van der Waals surface area contributed by atoms with Crippen LogP contribution in [0.3, 0.4) is 0 Å². The van der Waals surface area contributed by atoms with Crippen molar-refractivity contribution in [1.82, 2.24) is 20.1 Å². The number of nitrogens with zero attached hydrogens (tertiary/aromatic N) is 2. The highest BCUT2D eigenvalue weighted by atomic mass is 16.5.